The van der Waals surface area contributed by atoms with Crippen molar-refractivity contribution in [1.82, 2.24) is 0 Å². The Morgan fingerprint density at radius 2 is 1.68 bits per heavy atom. The zero-order valence-corrected chi connectivity index (χ0v) is 15.4. The minimum atomic E-state index is -3.94. The summed E-state index contributed by atoms with van der Waals surface area (Å²) < 4.78 is 29.5. The van der Waals surface area contributed by atoms with E-state index in [1.807, 2.05) is 6.92 Å². The molecule has 0 unspecified atom stereocenters. The molecule has 0 N–H and O–H groups in total. The number of unbranched alkanes of at least 4 members (excludes halogenated alkanes) is 1. The molecule has 1 aliphatic carbocycles. The van der Waals surface area contributed by atoms with Gasteiger partial charge in [-0.15, -0.1) is 0 Å². The van der Waals surface area contributed by atoms with E-state index in [1.54, 1.807) is 0 Å². The summed E-state index contributed by atoms with van der Waals surface area (Å²) in [7, 11) is -3.46. The molecule has 1 saturated heterocycles. The molecule has 0 atom stereocenters. The lowest BCUT2D eigenvalue weighted by Gasteiger charge is -2.14. The topological polar surface area (TPSA) is 74.3 Å². The molecular weight excluding hydrogens is 320 g/mol. The van der Waals surface area contributed by atoms with Crippen LogP contribution in [-0.4, -0.2) is 41.8 Å². The van der Waals surface area contributed by atoms with Crippen molar-refractivity contribution in [1.29, 1.82) is 0 Å². The molecule has 0 amide bonds. The predicted molar refractivity (Wildman–Crippen MR) is 92.3 cm³/mol. The Kier molecular flexibility index (Phi) is 9.68. The number of hydrogen-bond donors (Lipinski definition) is 0. The summed E-state index contributed by atoms with van der Waals surface area (Å²) in [5.41, 5.74) is 0. The molecule has 1 heterocycles. The second-order valence-electron chi connectivity index (χ2n) is 6.29. The van der Waals surface area contributed by atoms with Gasteiger partial charge in [0.1, 0.15) is 11.5 Å². The van der Waals surface area contributed by atoms with Crippen molar-refractivity contribution in [2.45, 2.75) is 64.7 Å². The van der Waals surface area contributed by atoms with E-state index in [-0.39, 0.29) is 5.75 Å². The van der Waals surface area contributed by atoms with Crippen molar-refractivity contribution in [2.24, 2.45) is 5.92 Å². The number of carbonyl (C=O) groups is 1. The van der Waals surface area contributed by atoms with Gasteiger partial charge in [-0.05, 0) is 49.4 Å². The fourth-order valence-corrected chi connectivity index (χ4v) is 5.92. The third-order valence-corrected chi connectivity index (χ3v) is 7.48. The molecule has 0 aromatic heterocycles. The maximum absolute atomic E-state index is 11.9. The fourth-order valence-electron chi connectivity index (χ4n) is 2.92. The Balaban J connectivity index is 0.000000261. The van der Waals surface area contributed by atoms with Crippen molar-refractivity contribution in [3.63, 3.8) is 0 Å². The summed E-state index contributed by atoms with van der Waals surface area (Å²) in [6.45, 7) is 1.84. The van der Waals surface area contributed by atoms with Crippen LogP contribution < -0.4 is 0 Å². The van der Waals surface area contributed by atoms with Crippen molar-refractivity contribution >= 4 is 26.8 Å². The lowest BCUT2D eigenvalue weighted by atomic mass is 10.0. The van der Waals surface area contributed by atoms with Gasteiger partial charge in [0.25, 0.3) is 0 Å². The first-order valence-corrected chi connectivity index (χ1v) is 11.8. The van der Waals surface area contributed by atoms with Gasteiger partial charge in [0, 0.05) is 11.7 Å². The van der Waals surface area contributed by atoms with Gasteiger partial charge in [-0.25, -0.2) is 8.42 Å². The quantitative estimate of drug-likeness (QED) is 0.545. The highest BCUT2D eigenvalue weighted by Gasteiger charge is 2.30. The maximum atomic E-state index is 11.9. The summed E-state index contributed by atoms with van der Waals surface area (Å²) in [5, 5.41) is 0. The molecule has 1 aliphatic heterocycles. The molecule has 130 valence electrons. The minimum absolute atomic E-state index is 0.219. The second-order valence-corrected chi connectivity index (χ2v) is 10.1. The van der Waals surface area contributed by atoms with E-state index < -0.39 is 10.1 Å². The molecule has 1 saturated carbocycles. The van der Waals surface area contributed by atoms with Crippen molar-refractivity contribution in [3.8, 4) is 0 Å². The van der Waals surface area contributed by atoms with Crippen LogP contribution in [0.25, 0.3) is 0 Å². The molecule has 0 aromatic carbocycles. The number of hydrogen-bond acceptors (Lipinski definition) is 4. The summed E-state index contributed by atoms with van der Waals surface area (Å²) >= 11 is 0. The molecule has 2 aliphatic rings. The van der Waals surface area contributed by atoms with Gasteiger partial charge in [0.2, 0.25) is 0 Å². The summed E-state index contributed by atoms with van der Waals surface area (Å²) in [4.78, 5) is 11.9. The van der Waals surface area contributed by atoms with Crippen LogP contribution in [0.15, 0.2) is 0 Å². The van der Waals surface area contributed by atoms with E-state index >= 15 is 0 Å². The lowest BCUT2D eigenvalue weighted by Crippen LogP contribution is -2.28. The van der Waals surface area contributed by atoms with Crippen LogP contribution in [0.1, 0.15) is 64.7 Å². The first kappa shape index (κ1) is 20.0. The van der Waals surface area contributed by atoms with Gasteiger partial charge in [-0.3, -0.25) is 4.79 Å². The number of carbonyl (C=O) groups excluding carboxylic acids is 1. The predicted octanol–water partition coefficient (Wildman–Crippen LogP) is 2.88. The highest BCUT2D eigenvalue weighted by Crippen LogP contribution is 2.26. The van der Waals surface area contributed by atoms with Gasteiger partial charge in [-0.1, -0.05) is 26.2 Å². The third kappa shape index (κ3) is 9.16. The maximum Gasteiger partial charge on any atom is 0.184 e. The molecule has 6 heteroatoms. The van der Waals surface area contributed by atoms with Gasteiger partial charge in [0.05, 0.1) is 10.1 Å². The van der Waals surface area contributed by atoms with Crippen LogP contribution in [0.3, 0.4) is 0 Å². The number of rotatable bonds is 6. The van der Waals surface area contributed by atoms with Crippen molar-refractivity contribution in [3.05, 3.63) is 0 Å². The third-order valence-electron chi connectivity index (χ3n) is 4.27. The van der Waals surface area contributed by atoms with Crippen molar-refractivity contribution in [2.75, 3.05) is 23.0 Å². The molecule has 22 heavy (non-hydrogen) atoms. The number of ketones is 1. The highest BCUT2D eigenvalue weighted by molar-refractivity contribution is 7.97. The second kappa shape index (κ2) is 10.7. The van der Waals surface area contributed by atoms with Gasteiger partial charge in [-0.2, -0.15) is 0 Å². The zero-order chi connectivity index (χ0) is 16.4. The van der Waals surface area contributed by atoms with Crippen LogP contribution >= 0.6 is 0 Å². The van der Waals surface area contributed by atoms with Crippen LogP contribution in [0.5, 0.6) is 0 Å². The molecule has 0 radical (unpaired) electrons. The Morgan fingerprint density at radius 3 is 2.14 bits per heavy atom. The molecule has 0 aromatic rings. The fraction of sp³-hybridized carbons (Fsp3) is 0.938. The lowest BCUT2D eigenvalue weighted by molar-refractivity contribution is -0.120. The van der Waals surface area contributed by atoms with E-state index in [9.17, 15) is 17.8 Å². The average Bonchev–Trinajstić information content (AvgIpc) is 3.00. The first-order chi connectivity index (χ1) is 10.4. The smallest absolute Gasteiger partial charge is 0.184 e. The monoisotopic (exact) mass is 350 g/mol. The Labute approximate surface area is 138 Å². The molecular formula is C16H30O4S2. The van der Waals surface area contributed by atoms with Gasteiger partial charge in [0.15, 0.2) is 11.5 Å². The first-order valence-electron chi connectivity index (χ1n) is 8.52. The van der Waals surface area contributed by atoms with Crippen LogP contribution in [0, 0.1) is 5.92 Å². The molecule has 2 rings (SSSR count). The van der Waals surface area contributed by atoms with Gasteiger partial charge < -0.3 is 4.55 Å². The highest BCUT2D eigenvalue weighted by atomic mass is 32.2. The average molecular weight is 351 g/mol. The SMILES string of the molecule is CCCCS(=O)(=O)[O-].O=C(C[S+]1CCCCC1)C1CCCC1. The summed E-state index contributed by atoms with van der Waals surface area (Å²) in [6, 6.07) is 0. The Morgan fingerprint density at radius 1 is 1.09 bits per heavy atom. The minimum Gasteiger partial charge on any atom is -0.748 e. The Bertz CT molecular complexity index is 408. The Hall–Kier alpha value is -0.0700. The van der Waals surface area contributed by atoms with Crippen LogP contribution in [0.2, 0.25) is 0 Å². The van der Waals surface area contributed by atoms with Crippen molar-refractivity contribution < 1.29 is 17.8 Å². The largest absolute Gasteiger partial charge is 0.748 e. The summed E-state index contributed by atoms with van der Waals surface area (Å²) in [6.07, 6.45) is 10.4. The normalized spacial score (nSPS) is 20.5. The van der Waals surface area contributed by atoms with E-state index in [1.165, 1.54) is 56.5 Å². The van der Waals surface area contributed by atoms with Crippen LogP contribution in [-0.2, 0) is 25.8 Å². The zero-order valence-electron chi connectivity index (χ0n) is 13.7. The van der Waals surface area contributed by atoms with Crippen LogP contribution in [0.4, 0.5) is 0 Å². The van der Waals surface area contributed by atoms with E-state index in [0.717, 1.165) is 12.2 Å². The standard InChI is InChI=1S/C12H21OS.C4H10O3S/c13-12(11-6-2-3-7-11)10-14-8-4-1-5-9-14;1-2-3-4-8(5,6)7/h11H,1-10H2;2-4H2,1H3,(H,5,6,7)/q+1;/p-1. The van der Waals surface area contributed by atoms with E-state index in [4.69, 9.17) is 0 Å². The number of Topliss-reactive ketones (excluding diaryl/α,β-unsaturated/α-hetero) is 1. The molecule has 4 nitrogen and oxygen atoms in total. The van der Waals surface area contributed by atoms with E-state index in [0.29, 0.717) is 29.0 Å². The molecule has 0 bridgehead atoms. The molecule has 0 spiro atoms. The molecule has 2 fully saturated rings. The van der Waals surface area contributed by atoms with E-state index in [2.05, 4.69) is 0 Å². The van der Waals surface area contributed by atoms with Gasteiger partial charge >= 0.3 is 0 Å². The summed E-state index contributed by atoms with van der Waals surface area (Å²) in [5.74, 6) is 4.47.